The van der Waals surface area contributed by atoms with Crippen molar-refractivity contribution >= 4 is 53.1 Å². The highest BCUT2D eigenvalue weighted by Crippen LogP contribution is 2.36. The predicted octanol–water partition coefficient (Wildman–Crippen LogP) is 5.86. The van der Waals surface area contributed by atoms with Gasteiger partial charge in [0.25, 0.3) is 0 Å². The highest BCUT2D eigenvalue weighted by molar-refractivity contribution is 7.92. The summed E-state index contributed by atoms with van der Waals surface area (Å²) in [6.07, 6.45) is 0. The molecule has 1 saturated heterocycles. The highest BCUT2D eigenvalue weighted by Gasteiger charge is 2.51. The third kappa shape index (κ3) is 7.30. The molecular weight excluding hydrogens is 675 g/mol. The zero-order valence-corrected chi connectivity index (χ0v) is 28.5. The molecule has 0 aromatic heterocycles. The van der Waals surface area contributed by atoms with Crippen LogP contribution in [0.15, 0.2) is 107 Å². The van der Waals surface area contributed by atoms with Crippen molar-refractivity contribution in [3.05, 3.63) is 129 Å². The Balaban J connectivity index is 1.72. The number of sulfone groups is 1. The Morgan fingerprint density at radius 3 is 1.33 bits per heavy atom. The summed E-state index contributed by atoms with van der Waals surface area (Å²) < 4.78 is 87.3. The molecule has 2 atom stereocenters. The molecule has 0 amide bonds. The van der Waals surface area contributed by atoms with Crippen LogP contribution in [0.5, 0.6) is 0 Å². The van der Waals surface area contributed by atoms with Gasteiger partial charge in [0.05, 0.1) is 33.4 Å². The highest BCUT2D eigenvalue weighted by atomic mass is 35.5. The molecule has 0 radical (unpaired) electrons. The maximum atomic E-state index is 14.5. The molecule has 8 nitrogen and oxygen atoms in total. The quantitative estimate of drug-likeness (QED) is 0.205. The average molecular weight is 708 g/mol. The largest absolute Gasteiger partial charge is 0.244 e. The number of aryl methyl sites for hydroxylation is 2. The van der Waals surface area contributed by atoms with E-state index in [-0.39, 0.29) is 32.9 Å². The minimum Gasteiger partial charge on any atom is -0.229 e. The number of sulfonamides is 2. The molecule has 4 aromatic rings. The standard InChI is InChI=1S/C32H32Cl2N2O6S3/c1-23-13-15-27(33)17-31(23)44(39,40)35(19-25-9-5-3-6-10-25)29-21-43(37,38)22-30(29)36(20-26-11-7-4-8-12-26)45(41,42)32-18-28(34)16-14-24(32)2/h3-18,29-30H,19-22H2,1-2H3/t29-,30-/m0/s1. The zero-order valence-electron chi connectivity index (χ0n) is 24.5. The molecular formula is C32H32Cl2N2O6S3. The lowest BCUT2D eigenvalue weighted by atomic mass is 10.1. The Labute approximate surface area is 275 Å². The lowest BCUT2D eigenvalue weighted by Crippen LogP contribution is -2.54. The van der Waals surface area contributed by atoms with Gasteiger partial charge in [-0.25, -0.2) is 25.3 Å². The summed E-state index contributed by atoms with van der Waals surface area (Å²) >= 11 is 12.5. The van der Waals surface area contributed by atoms with Crippen molar-refractivity contribution < 1.29 is 25.3 Å². The van der Waals surface area contributed by atoms with Crippen LogP contribution in [0, 0.1) is 13.8 Å². The summed E-state index contributed by atoms with van der Waals surface area (Å²) in [6.45, 7) is 2.87. The van der Waals surface area contributed by atoms with Crippen LogP contribution in [0.25, 0.3) is 0 Å². The van der Waals surface area contributed by atoms with Crippen molar-refractivity contribution in [1.29, 1.82) is 0 Å². The maximum absolute atomic E-state index is 14.5. The zero-order chi connectivity index (χ0) is 32.6. The average Bonchev–Trinajstić information content (AvgIpc) is 3.32. The van der Waals surface area contributed by atoms with Crippen molar-refractivity contribution in [2.45, 2.75) is 48.8 Å². The van der Waals surface area contributed by atoms with E-state index < -0.39 is 53.5 Å². The third-order valence-corrected chi connectivity index (χ3v) is 14.1. The molecule has 13 heteroatoms. The van der Waals surface area contributed by atoms with Crippen LogP contribution in [0.3, 0.4) is 0 Å². The fourth-order valence-electron chi connectivity index (χ4n) is 5.60. The SMILES string of the molecule is Cc1ccc(Cl)cc1S(=O)(=O)N(Cc1ccccc1)[C@H]1CS(=O)(=O)C[C@@H]1N(Cc1ccccc1)S(=O)(=O)c1cc(Cl)ccc1C. The minimum absolute atomic E-state index is 0.0860. The normalized spacial score (nSPS) is 18.4. The molecule has 0 unspecified atom stereocenters. The number of hydrogen-bond acceptors (Lipinski definition) is 6. The molecule has 0 spiro atoms. The Morgan fingerprint density at radius 2 is 0.978 bits per heavy atom. The second-order valence-electron chi connectivity index (χ2n) is 11.1. The molecule has 0 N–H and O–H groups in total. The van der Waals surface area contributed by atoms with E-state index in [1.165, 1.54) is 12.1 Å². The predicted molar refractivity (Wildman–Crippen MR) is 177 cm³/mol. The van der Waals surface area contributed by atoms with Crippen LogP contribution in [0.2, 0.25) is 10.0 Å². The van der Waals surface area contributed by atoms with Gasteiger partial charge < -0.3 is 0 Å². The third-order valence-electron chi connectivity index (χ3n) is 7.87. The van der Waals surface area contributed by atoms with Gasteiger partial charge in [-0.15, -0.1) is 0 Å². The lowest BCUT2D eigenvalue weighted by Gasteiger charge is -2.37. The first-order valence-electron chi connectivity index (χ1n) is 14.0. The molecule has 0 aliphatic carbocycles. The minimum atomic E-state index is -4.41. The van der Waals surface area contributed by atoms with Gasteiger partial charge in [0.1, 0.15) is 0 Å². The van der Waals surface area contributed by atoms with Gasteiger partial charge in [0, 0.05) is 23.1 Å². The first-order valence-corrected chi connectivity index (χ1v) is 19.5. The van der Waals surface area contributed by atoms with Crippen molar-refractivity contribution in [2.24, 2.45) is 0 Å². The van der Waals surface area contributed by atoms with Crippen LogP contribution in [-0.2, 0) is 43.0 Å². The fourth-order valence-corrected chi connectivity index (χ4v) is 12.0. The van der Waals surface area contributed by atoms with E-state index in [1.54, 1.807) is 98.8 Å². The Hall–Kier alpha value is -2.77. The molecule has 1 aliphatic heterocycles. The van der Waals surface area contributed by atoms with Crippen LogP contribution >= 0.6 is 23.2 Å². The molecule has 1 fully saturated rings. The molecule has 1 aliphatic rings. The Bertz CT molecular complexity index is 1880. The first-order chi connectivity index (χ1) is 21.2. The van der Waals surface area contributed by atoms with Gasteiger partial charge in [0.2, 0.25) is 20.0 Å². The summed E-state index contributed by atoms with van der Waals surface area (Å²) in [5.74, 6) is -1.14. The number of hydrogen-bond donors (Lipinski definition) is 0. The van der Waals surface area contributed by atoms with E-state index in [9.17, 15) is 25.3 Å². The molecule has 238 valence electrons. The molecule has 0 saturated carbocycles. The second kappa shape index (κ2) is 13.2. The fraction of sp³-hybridized carbons (Fsp3) is 0.250. The molecule has 5 rings (SSSR count). The smallest absolute Gasteiger partial charge is 0.229 e. The van der Waals surface area contributed by atoms with Crippen LogP contribution < -0.4 is 0 Å². The van der Waals surface area contributed by atoms with Gasteiger partial charge >= 0.3 is 0 Å². The van der Waals surface area contributed by atoms with E-state index >= 15 is 0 Å². The van der Waals surface area contributed by atoms with Crippen LogP contribution in [-0.4, -0.2) is 57.5 Å². The Morgan fingerprint density at radius 1 is 0.622 bits per heavy atom. The number of nitrogens with zero attached hydrogens (tertiary/aromatic N) is 2. The molecule has 45 heavy (non-hydrogen) atoms. The van der Waals surface area contributed by atoms with Crippen molar-refractivity contribution in [2.75, 3.05) is 11.5 Å². The Kier molecular flexibility index (Phi) is 9.82. The summed E-state index contributed by atoms with van der Waals surface area (Å²) in [4.78, 5) is -0.172. The number of rotatable bonds is 10. The summed E-state index contributed by atoms with van der Waals surface area (Å²) in [5, 5.41) is 0.387. The van der Waals surface area contributed by atoms with Gasteiger partial charge in [0.15, 0.2) is 9.84 Å². The molecule has 1 heterocycles. The van der Waals surface area contributed by atoms with E-state index in [1.807, 2.05) is 0 Å². The van der Waals surface area contributed by atoms with E-state index in [2.05, 4.69) is 0 Å². The van der Waals surface area contributed by atoms with E-state index in [0.717, 1.165) is 8.61 Å². The summed E-state index contributed by atoms with van der Waals surface area (Å²) in [6, 6.07) is 23.9. The van der Waals surface area contributed by atoms with Gasteiger partial charge in [-0.3, -0.25) is 0 Å². The summed E-state index contributed by atoms with van der Waals surface area (Å²) in [7, 11) is -12.7. The molecule has 0 bridgehead atoms. The van der Waals surface area contributed by atoms with Crippen molar-refractivity contribution in [3.63, 3.8) is 0 Å². The van der Waals surface area contributed by atoms with E-state index in [4.69, 9.17) is 23.2 Å². The monoisotopic (exact) mass is 706 g/mol. The first kappa shape index (κ1) is 33.6. The van der Waals surface area contributed by atoms with Crippen molar-refractivity contribution in [3.8, 4) is 0 Å². The van der Waals surface area contributed by atoms with Crippen LogP contribution in [0.4, 0.5) is 0 Å². The van der Waals surface area contributed by atoms with Gasteiger partial charge in [-0.1, -0.05) is 96.0 Å². The number of benzene rings is 4. The van der Waals surface area contributed by atoms with Crippen molar-refractivity contribution in [1.82, 2.24) is 8.61 Å². The number of halogens is 2. The van der Waals surface area contributed by atoms with Crippen LogP contribution in [0.1, 0.15) is 22.3 Å². The maximum Gasteiger partial charge on any atom is 0.244 e. The second-order valence-corrected chi connectivity index (χ2v) is 17.8. The summed E-state index contributed by atoms with van der Waals surface area (Å²) in [5.41, 5.74) is 2.04. The van der Waals surface area contributed by atoms with Gasteiger partial charge in [-0.05, 0) is 60.4 Å². The van der Waals surface area contributed by atoms with Gasteiger partial charge in [-0.2, -0.15) is 8.61 Å². The molecule has 4 aromatic carbocycles. The van der Waals surface area contributed by atoms with E-state index in [0.29, 0.717) is 22.3 Å². The lowest BCUT2D eigenvalue weighted by molar-refractivity contribution is 0.219. The topological polar surface area (TPSA) is 109 Å².